The molecule has 7 heteroatoms. The van der Waals surface area contributed by atoms with Crippen molar-refractivity contribution in [1.82, 2.24) is 9.97 Å². The van der Waals surface area contributed by atoms with Crippen molar-refractivity contribution in [1.29, 1.82) is 0 Å². The minimum absolute atomic E-state index is 0.102. The maximum absolute atomic E-state index is 6.93. The quantitative estimate of drug-likeness (QED) is 0.226. The van der Waals surface area contributed by atoms with Gasteiger partial charge in [-0.05, 0) is 28.5 Å². The van der Waals surface area contributed by atoms with Crippen LogP contribution < -0.4 is 35.4 Å². The number of rotatable bonds is 1. The molecule has 1 aromatic carbocycles. The molecule has 0 saturated heterocycles. The zero-order valence-electron chi connectivity index (χ0n) is 26.4. The van der Waals surface area contributed by atoms with Gasteiger partial charge in [-0.15, -0.1) is 0 Å². The van der Waals surface area contributed by atoms with Gasteiger partial charge in [-0.25, -0.2) is 14.1 Å². The number of benzene rings is 1. The highest BCUT2D eigenvalue weighted by Crippen LogP contribution is 2.44. The smallest absolute Gasteiger partial charge is 0.423 e. The maximum atomic E-state index is 6.93. The topological polar surface area (TPSA) is 46.0 Å². The molecular weight excluding hydrogens is 505 g/mol. The van der Waals surface area contributed by atoms with Crippen molar-refractivity contribution >= 4 is 40.6 Å². The van der Waals surface area contributed by atoms with E-state index < -0.39 is 0 Å². The highest BCUT2D eigenvalue weighted by molar-refractivity contribution is 6.97. The predicted molar refractivity (Wildman–Crippen MR) is 166 cm³/mol. The summed E-state index contributed by atoms with van der Waals surface area (Å²) in [6.07, 6.45) is 4.38. The van der Waals surface area contributed by atoms with E-state index in [1.165, 1.54) is 22.4 Å². The van der Waals surface area contributed by atoms with Gasteiger partial charge in [0.05, 0.1) is 5.46 Å². The van der Waals surface area contributed by atoms with Gasteiger partial charge in [0, 0.05) is 28.8 Å². The summed E-state index contributed by atoms with van der Waals surface area (Å²) in [7, 11) is 4.28. The Morgan fingerprint density at radius 3 is 1.88 bits per heavy atom. The third kappa shape index (κ3) is 4.24. The molecule has 0 N–H and O–H groups in total. The van der Waals surface area contributed by atoms with Crippen LogP contribution in [0.5, 0.6) is 11.6 Å². The third-order valence-electron chi connectivity index (χ3n) is 8.33. The number of ether oxygens (including phenoxy) is 1. The van der Waals surface area contributed by atoms with Crippen molar-refractivity contribution in [2.24, 2.45) is 14.1 Å². The molecule has 0 spiro atoms. The van der Waals surface area contributed by atoms with Gasteiger partial charge in [-0.2, -0.15) is 4.98 Å². The van der Waals surface area contributed by atoms with Crippen molar-refractivity contribution < 1.29 is 13.9 Å². The van der Waals surface area contributed by atoms with Crippen LogP contribution in [0.2, 0.25) is 0 Å². The van der Waals surface area contributed by atoms with Crippen LogP contribution in [0.25, 0.3) is 0 Å². The molecule has 0 atom stereocenters. The van der Waals surface area contributed by atoms with Crippen LogP contribution in [-0.4, -0.2) is 16.7 Å². The van der Waals surface area contributed by atoms with E-state index in [0.717, 1.165) is 34.1 Å². The van der Waals surface area contributed by atoms with Gasteiger partial charge in [0.1, 0.15) is 31.4 Å². The highest BCUT2D eigenvalue weighted by atomic mass is 16.5. The predicted octanol–water partition coefficient (Wildman–Crippen LogP) is 4.42. The van der Waals surface area contributed by atoms with Gasteiger partial charge < -0.3 is 4.74 Å². The average molecular weight is 548 g/mol. The van der Waals surface area contributed by atoms with Gasteiger partial charge in [0.2, 0.25) is 5.88 Å². The number of anilines is 3. The minimum Gasteiger partial charge on any atom is -0.433 e. The molecule has 0 aliphatic carbocycles. The van der Waals surface area contributed by atoms with Crippen LogP contribution >= 0.6 is 0 Å². The maximum Gasteiger partial charge on any atom is 0.423 e. The first-order chi connectivity index (χ1) is 19.1. The van der Waals surface area contributed by atoms with Crippen molar-refractivity contribution in [3.63, 3.8) is 0 Å². The fraction of sp³-hybridized carbons (Fsp3) is 0.412. The number of aromatic nitrogens is 4. The first-order valence-corrected chi connectivity index (χ1v) is 14.6. The Labute approximate surface area is 245 Å². The molecule has 4 aromatic rings. The molecule has 0 saturated carbocycles. The van der Waals surface area contributed by atoms with Crippen molar-refractivity contribution in [2.45, 2.75) is 78.6 Å². The lowest BCUT2D eigenvalue weighted by molar-refractivity contribution is -0.658. The molecule has 6 nitrogen and oxygen atoms in total. The SMILES string of the molecule is C[n+]1ccc(C(C)(C)C)c2c1B1c3c(nc(C(C)(C)C)nc3N(c3ccccc3)c3c(C(C)(C)C)cc[n+](C)c31)O2. The van der Waals surface area contributed by atoms with Gasteiger partial charge >= 0.3 is 6.71 Å². The molecule has 0 fully saturated rings. The second-order valence-electron chi connectivity index (χ2n) is 14.7. The molecule has 0 radical (unpaired) electrons. The Bertz CT molecular complexity index is 1690. The molecule has 210 valence electrons. The van der Waals surface area contributed by atoms with Crippen molar-refractivity contribution in [3.8, 4) is 11.6 Å². The number of hydrogen-bond donors (Lipinski definition) is 0. The summed E-state index contributed by atoms with van der Waals surface area (Å²) in [5, 5.41) is 0. The van der Waals surface area contributed by atoms with Crippen LogP contribution in [-0.2, 0) is 30.3 Å². The molecular formula is C34H42BN5O+2. The largest absolute Gasteiger partial charge is 0.433 e. The Hall–Kier alpha value is -3.74. The number of hydrogen-bond acceptors (Lipinski definition) is 4. The van der Waals surface area contributed by atoms with Crippen LogP contribution in [0.4, 0.5) is 17.2 Å². The Morgan fingerprint density at radius 2 is 1.29 bits per heavy atom. The molecule has 6 rings (SSSR count). The monoisotopic (exact) mass is 547 g/mol. The van der Waals surface area contributed by atoms with Gasteiger partial charge in [-0.3, -0.25) is 4.90 Å². The van der Waals surface area contributed by atoms with Gasteiger partial charge in [-0.1, -0.05) is 80.5 Å². The highest BCUT2D eigenvalue weighted by Gasteiger charge is 2.56. The molecule has 0 amide bonds. The van der Waals surface area contributed by atoms with Crippen molar-refractivity contribution in [2.75, 3.05) is 4.90 Å². The number of fused-ring (bicyclic) bond motifs is 4. The summed E-state index contributed by atoms with van der Waals surface area (Å²) in [5.74, 6) is 3.23. The molecule has 3 aromatic heterocycles. The summed E-state index contributed by atoms with van der Waals surface area (Å²) in [4.78, 5) is 12.9. The van der Waals surface area contributed by atoms with Crippen LogP contribution in [0.3, 0.4) is 0 Å². The van der Waals surface area contributed by atoms with E-state index in [4.69, 9.17) is 14.7 Å². The molecule has 0 bridgehead atoms. The second-order valence-corrected chi connectivity index (χ2v) is 14.7. The normalized spacial score (nSPS) is 14.3. The Kier molecular flexibility index (Phi) is 5.94. The summed E-state index contributed by atoms with van der Waals surface area (Å²) in [6.45, 7) is 20.0. The van der Waals surface area contributed by atoms with E-state index in [-0.39, 0.29) is 23.0 Å². The number of pyridine rings is 2. The summed E-state index contributed by atoms with van der Waals surface area (Å²) >= 11 is 0. The van der Waals surface area contributed by atoms with Gasteiger partial charge in [0.15, 0.2) is 29.3 Å². The molecule has 2 aliphatic rings. The zero-order chi connectivity index (χ0) is 29.6. The van der Waals surface area contributed by atoms with E-state index in [2.05, 4.69) is 145 Å². The first-order valence-electron chi connectivity index (χ1n) is 14.6. The third-order valence-corrected chi connectivity index (χ3v) is 8.33. The summed E-state index contributed by atoms with van der Waals surface area (Å²) < 4.78 is 11.4. The van der Waals surface area contributed by atoms with E-state index in [1.807, 2.05) is 0 Å². The first kappa shape index (κ1) is 27.4. The summed E-state index contributed by atoms with van der Waals surface area (Å²) in [6, 6.07) is 15.1. The van der Waals surface area contributed by atoms with Crippen LogP contribution in [0, 0.1) is 0 Å². The zero-order valence-corrected chi connectivity index (χ0v) is 26.4. The lowest BCUT2D eigenvalue weighted by Crippen LogP contribution is -2.75. The lowest BCUT2D eigenvalue weighted by atomic mass is 9.37. The fourth-order valence-corrected chi connectivity index (χ4v) is 6.21. The Balaban J connectivity index is 1.83. The fourth-order valence-electron chi connectivity index (χ4n) is 6.21. The van der Waals surface area contributed by atoms with Crippen LogP contribution in [0.1, 0.15) is 79.3 Å². The molecule has 2 aliphatic heterocycles. The summed E-state index contributed by atoms with van der Waals surface area (Å²) in [5.41, 5.74) is 7.60. The van der Waals surface area contributed by atoms with E-state index in [1.54, 1.807) is 0 Å². The molecule has 0 unspecified atom stereocenters. The number of nitrogens with zero attached hydrogens (tertiary/aromatic N) is 5. The van der Waals surface area contributed by atoms with E-state index >= 15 is 0 Å². The average Bonchev–Trinajstić information content (AvgIpc) is 2.87. The van der Waals surface area contributed by atoms with E-state index in [9.17, 15) is 0 Å². The number of para-hydroxylation sites is 1. The Morgan fingerprint density at radius 1 is 0.707 bits per heavy atom. The van der Waals surface area contributed by atoms with Crippen molar-refractivity contribution in [3.05, 3.63) is 71.8 Å². The van der Waals surface area contributed by atoms with E-state index in [0.29, 0.717) is 5.88 Å². The van der Waals surface area contributed by atoms with Crippen LogP contribution in [0.15, 0.2) is 54.9 Å². The lowest BCUT2D eigenvalue weighted by Gasteiger charge is -2.39. The molecule has 41 heavy (non-hydrogen) atoms. The second kappa shape index (κ2) is 8.88. The minimum atomic E-state index is -0.268. The number of aryl methyl sites for hydroxylation is 2. The van der Waals surface area contributed by atoms with Gasteiger partial charge in [0.25, 0.3) is 0 Å². The molecule has 5 heterocycles. The standard InChI is InChI=1S/C34H42BN5O/c1-32(2,3)22-17-19-38(10)27-25(22)40(21-15-13-12-14-16-21)29-24-30(37-31(36-29)34(7,8)9)41-26-23(33(4,5)6)18-20-39(11)28(26)35(24)27/h12-20H,1-11H3/q+2.